The van der Waals surface area contributed by atoms with E-state index in [-0.39, 0.29) is 11.9 Å². The van der Waals surface area contributed by atoms with Gasteiger partial charge in [0.05, 0.1) is 0 Å². The number of nitrogens with two attached hydrogens (primary N) is 2. The highest BCUT2D eigenvalue weighted by atomic mass is 15.3. The lowest BCUT2D eigenvalue weighted by Crippen LogP contribution is -2.39. The zero-order chi connectivity index (χ0) is 12.1. The van der Waals surface area contributed by atoms with E-state index in [4.69, 9.17) is 16.9 Å². The third-order valence-electron chi connectivity index (χ3n) is 3.51. The standard InChI is InChI=1S/C11H23N5/c1-3-8-4-6-9(7-5-8)16(2)11(14)15-10(12)13/h8-9H,3-7H2,1-2H3,(H5,12,13,14,15). The van der Waals surface area contributed by atoms with Crippen LogP contribution in [0.25, 0.3) is 0 Å². The molecule has 92 valence electrons. The first-order valence-electron chi connectivity index (χ1n) is 5.95. The highest BCUT2D eigenvalue weighted by Crippen LogP contribution is 2.28. The lowest BCUT2D eigenvalue weighted by Gasteiger charge is -2.34. The first-order chi connectivity index (χ1) is 7.54. The van der Waals surface area contributed by atoms with Crippen LogP contribution in [-0.4, -0.2) is 29.9 Å². The molecule has 5 N–H and O–H groups in total. The number of nitrogens with one attached hydrogen (secondary N) is 1. The smallest absolute Gasteiger partial charge is 0.220 e. The number of nitrogens with zero attached hydrogens (tertiary/aromatic N) is 2. The molecule has 0 aliphatic heterocycles. The van der Waals surface area contributed by atoms with E-state index < -0.39 is 0 Å². The maximum absolute atomic E-state index is 7.73. The minimum absolute atomic E-state index is 0.0425. The van der Waals surface area contributed by atoms with Gasteiger partial charge in [-0.2, -0.15) is 4.99 Å². The van der Waals surface area contributed by atoms with Gasteiger partial charge >= 0.3 is 0 Å². The van der Waals surface area contributed by atoms with Crippen LogP contribution in [0.2, 0.25) is 0 Å². The Kier molecular flexibility index (Phi) is 4.58. The summed E-state index contributed by atoms with van der Waals surface area (Å²) >= 11 is 0. The van der Waals surface area contributed by atoms with Crippen molar-refractivity contribution in [3.63, 3.8) is 0 Å². The minimum atomic E-state index is -0.0425. The summed E-state index contributed by atoms with van der Waals surface area (Å²) in [6, 6.07) is 0.415. The van der Waals surface area contributed by atoms with E-state index in [2.05, 4.69) is 11.9 Å². The van der Waals surface area contributed by atoms with Gasteiger partial charge in [-0.25, -0.2) is 0 Å². The van der Waals surface area contributed by atoms with Crippen LogP contribution in [0.5, 0.6) is 0 Å². The predicted molar refractivity (Wildman–Crippen MR) is 67.3 cm³/mol. The number of aliphatic imine (C=N–C) groups is 1. The summed E-state index contributed by atoms with van der Waals surface area (Å²) in [4.78, 5) is 5.65. The van der Waals surface area contributed by atoms with Crippen molar-refractivity contribution >= 4 is 11.9 Å². The topological polar surface area (TPSA) is 91.5 Å². The van der Waals surface area contributed by atoms with E-state index in [0.717, 1.165) is 18.8 Å². The number of hydrogen-bond donors (Lipinski definition) is 3. The van der Waals surface area contributed by atoms with Crippen molar-refractivity contribution in [1.29, 1.82) is 5.41 Å². The van der Waals surface area contributed by atoms with E-state index in [1.54, 1.807) is 0 Å². The molecule has 0 amide bonds. The van der Waals surface area contributed by atoms with E-state index >= 15 is 0 Å². The quantitative estimate of drug-likeness (QED) is 0.485. The summed E-state index contributed by atoms with van der Waals surface area (Å²) in [6.07, 6.45) is 6.04. The summed E-state index contributed by atoms with van der Waals surface area (Å²) in [5.41, 5.74) is 10.5. The van der Waals surface area contributed by atoms with Crippen molar-refractivity contribution in [1.82, 2.24) is 4.90 Å². The molecule has 5 nitrogen and oxygen atoms in total. The Bertz CT molecular complexity index is 262. The number of hydrogen-bond acceptors (Lipinski definition) is 1. The van der Waals surface area contributed by atoms with Gasteiger partial charge in [-0.15, -0.1) is 0 Å². The van der Waals surface area contributed by atoms with Crippen LogP contribution < -0.4 is 11.5 Å². The summed E-state index contributed by atoms with van der Waals surface area (Å²) in [7, 11) is 1.89. The molecule has 1 aliphatic rings. The molecule has 5 heteroatoms. The molecule has 0 spiro atoms. The molecule has 0 radical (unpaired) electrons. The molecule has 16 heavy (non-hydrogen) atoms. The Labute approximate surface area is 97.4 Å². The molecule has 1 rings (SSSR count). The Hall–Kier alpha value is -1.26. The maximum Gasteiger partial charge on any atom is 0.220 e. The van der Waals surface area contributed by atoms with E-state index in [9.17, 15) is 0 Å². The highest BCUT2D eigenvalue weighted by Gasteiger charge is 2.24. The van der Waals surface area contributed by atoms with Crippen molar-refractivity contribution in [3.8, 4) is 0 Å². The fourth-order valence-electron chi connectivity index (χ4n) is 2.31. The molecule has 0 aromatic heterocycles. The van der Waals surface area contributed by atoms with Crippen molar-refractivity contribution in [2.45, 2.75) is 45.1 Å². The molecular formula is C11H23N5. The SMILES string of the molecule is CCC1CCC(N(C)C(=N)N=C(N)N)CC1. The van der Waals surface area contributed by atoms with E-state index in [0.29, 0.717) is 6.04 Å². The zero-order valence-electron chi connectivity index (χ0n) is 10.2. The third kappa shape index (κ3) is 3.40. The lowest BCUT2D eigenvalue weighted by molar-refractivity contribution is 0.224. The van der Waals surface area contributed by atoms with E-state index in [1.165, 1.54) is 19.3 Å². The lowest BCUT2D eigenvalue weighted by atomic mass is 9.84. The molecule has 1 fully saturated rings. The second kappa shape index (κ2) is 5.72. The second-order valence-electron chi connectivity index (χ2n) is 4.55. The Morgan fingerprint density at radius 1 is 1.31 bits per heavy atom. The van der Waals surface area contributed by atoms with Crippen LogP contribution in [0.1, 0.15) is 39.0 Å². The average Bonchev–Trinajstić information content (AvgIpc) is 2.27. The van der Waals surface area contributed by atoms with Crippen LogP contribution in [0, 0.1) is 11.3 Å². The van der Waals surface area contributed by atoms with Crippen LogP contribution in [0.3, 0.4) is 0 Å². The van der Waals surface area contributed by atoms with Gasteiger partial charge in [-0.05, 0) is 31.6 Å². The fraction of sp³-hybridized carbons (Fsp3) is 0.818. The fourth-order valence-corrected chi connectivity index (χ4v) is 2.31. The summed E-state index contributed by atoms with van der Waals surface area (Å²) in [6.45, 7) is 2.25. The minimum Gasteiger partial charge on any atom is -0.370 e. The highest BCUT2D eigenvalue weighted by molar-refractivity contribution is 5.91. The van der Waals surface area contributed by atoms with Gasteiger partial charge in [0, 0.05) is 13.1 Å². The molecule has 0 atom stereocenters. The van der Waals surface area contributed by atoms with E-state index in [1.807, 2.05) is 11.9 Å². The molecule has 1 aliphatic carbocycles. The van der Waals surface area contributed by atoms with Gasteiger partial charge in [-0.3, -0.25) is 5.41 Å². The summed E-state index contributed by atoms with van der Waals surface area (Å²) in [5, 5.41) is 7.73. The number of rotatable bonds is 2. The first-order valence-corrected chi connectivity index (χ1v) is 5.95. The normalized spacial score (nSPS) is 24.9. The molecule has 0 heterocycles. The van der Waals surface area contributed by atoms with Gasteiger partial charge in [0.1, 0.15) is 0 Å². The van der Waals surface area contributed by atoms with Crippen molar-refractivity contribution < 1.29 is 0 Å². The van der Waals surface area contributed by atoms with Crippen LogP contribution in [0.4, 0.5) is 0 Å². The van der Waals surface area contributed by atoms with Crippen molar-refractivity contribution in [2.24, 2.45) is 22.4 Å². The molecule has 1 saturated carbocycles. The van der Waals surface area contributed by atoms with Crippen LogP contribution >= 0.6 is 0 Å². The summed E-state index contributed by atoms with van der Waals surface area (Å²) < 4.78 is 0. The van der Waals surface area contributed by atoms with Gasteiger partial charge in [-0.1, -0.05) is 13.3 Å². The Morgan fingerprint density at radius 2 is 1.88 bits per heavy atom. The van der Waals surface area contributed by atoms with Gasteiger partial charge in [0.25, 0.3) is 0 Å². The molecule has 0 aromatic rings. The van der Waals surface area contributed by atoms with Crippen LogP contribution in [-0.2, 0) is 0 Å². The molecule has 0 bridgehead atoms. The molecule has 0 saturated heterocycles. The number of guanidine groups is 2. The molecule has 0 unspecified atom stereocenters. The largest absolute Gasteiger partial charge is 0.370 e. The zero-order valence-corrected chi connectivity index (χ0v) is 10.2. The first kappa shape index (κ1) is 12.8. The third-order valence-corrected chi connectivity index (χ3v) is 3.51. The molecular weight excluding hydrogens is 202 g/mol. The molecule has 0 aromatic carbocycles. The predicted octanol–water partition coefficient (Wildman–Crippen LogP) is 1.10. The second-order valence-corrected chi connectivity index (χ2v) is 4.55. The monoisotopic (exact) mass is 225 g/mol. The van der Waals surface area contributed by atoms with Crippen molar-refractivity contribution in [3.05, 3.63) is 0 Å². The summed E-state index contributed by atoms with van der Waals surface area (Å²) in [5.74, 6) is 0.987. The van der Waals surface area contributed by atoms with Gasteiger partial charge < -0.3 is 16.4 Å². The Balaban J connectivity index is 2.47. The maximum atomic E-state index is 7.73. The van der Waals surface area contributed by atoms with Gasteiger partial charge in [0.2, 0.25) is 5.96 Å². The Morgan fingerprint density at radius 3 is 2.31 bits per heavy atom. The van der Waals surface area contributed by atoms with Gasteiger partial charge in [0.15, 0.2) is 5.96 Å². The average molecular weight is 225 g/mol. The van der Waals surface area contributed by atoms with Crippen LogP contribution in [0.15, 0.2) is 4.99 Å². The van der Waals surface area contributed by atoms with Crippen molar-refractivity contribution in [2.75, 3.05) is 7.05 Å².